The van der Waals surface area contributed by atoms with Gasteiger partial charge in [0, 0.05) is 11.1 Å². The van der Waals surface area contributed by atoms with Crippen LogP contribution in [0.25, 0.3) is 0 Å². The van der Waals surface area contributed by atoms with E-state index in [9.17, 15) is 29.6 Å². The van der Waals surface area contributed by atoms with Crippen LogP contribution in [0, 0.1) is 17.0 Å². The minimum absolute atomic E-state index is 0.0409. The molecule has 0 radical (unpaired) electrons. The number of imide groups is 1. The van der Waals surface area contributed by atoms with Crippen LogP contribution < -0.4 is 10.1 Å². The highest BCUT2D eigenvalue weighted by molar-refractivity contribution is 6.37. The Labute approximate surface area is 198 Å². The number of benzene rings is 3. The summed E-state index contributed by atoms with van der Waals surface area (Å²) in [7, 11) is 0. The van der Waals surface area contributed by atoms with Gasteiger partial charge in [0.25, 0.3) is 0 Å². The van der Waals surface area contributed by atoms with Gasteiger partial charge in [-0.05, 0) is 23.8 Å². The van der Waals surface area contributed by atoms with Crippen LogP contribution in [0.2, 0.25) is 0 Å². The Morgan fingerprint density at radius 2 is 1.46 bits per heavy atom. The van der Waals surface area contributed by atoms with Gasteiger partial charge in [-0.15, -0.1) is 0 Å². The molecule has 2 heterocycles. The van der Waals surface area contributed by atoms with Gasteiger partial charge >= 0.3 is 0 Å². The van der Waals surface area contributed by atoms with E-state index in [1.54, 1.807) is 42.5 Å². The second-order valence-electron chi connectivity index (χ2n) is 8.70. The Hall–Kier alpha value is -4.18. The first-order valence-electron chi connectivity index (χ1n) is 10.9. The summed E-state index contributed by atoms with van der Waals surface area (Å²) in [6.45, 7) is 0. The largest absolute Gasteiger partial charge is 0.733 e. The molecule has 1 N–H and O–H groups in total. The van der Waals surface area contributed by atoms with Crippen LogP contribution >= 0.6 is 0 Å². The quantitative estimate of drug-likeness (QED) is 0.352. The smallest absolute Gasteiger partial charge is 0.241 e. The highest BCUT2D eigenvalue weighted by Crippen LogP contribution is 2.57. The second-order valence-corrected chi connectivity index (χ2v) is 8.70. The molecular weight excluding hydrogens is 452 g/mol. The fourth-order valence-corrected chi connectivity index (χ4v) is 5.47. The average Bonchev–Trinajstić information content (AvgIpc) is 3.44. The monoisotopic (exact) mass is 469 g/mol. The molecule has 3 aromatic carbocycles. The Bertz CT molecular complexity index is 1380. The van der Waals surface area contributed by atoms with Crippen LogP contribution in [-0.2, 0) is 14.3 Å². The molecule has 6 rings (SSSR count). The van der Waals surface area contributed by atoms with Gasteiger partial charge in [-0.25, -0.2) is 4.90 Å². The van der Waals surface area contributed by atoms with Gasteiger partial charge in [0.05, 0.1) is 29.3 Å². The number of amides is 2. The summed E-state index contributed by atoms with van der Waals surface area (Å²) in [6, 6.07) is 20.2. The maximum Gasteiger partial charge on any atom is 0.241 e. The third-order valence-corrected chi connectivity index (χ3v) is 6.96. The van der Waals surface area contributed by atoms with Gasteiger partial charge < -0.3 is 15.2 Å². The zero-order valence-electron chi connectivity index (χ0n) is 18.0. The van der Waals surface area contributed by atoms with Gasteiger partial charge in [0.15, 0.2) is 0 Å². The van der Waals surface area contributed by atoms with Crippen molar-refractivity contribution in [3.8, 4) is 0 Å². The minimum Gasteiger partial charge on any atom is -0.733 e. The highest BCUT2D eigenvalue weighted by atomic mass is 16.8. The average molecular weight is 469 g/mol. The molecule has 3 atom stereocenters. The Morgan fingerprint density at radius 1 is 0.829 bits per heavy atom. The number of rotatable bonds is 3. The predicted octanol–water partition coefficient (Wildman–Crippen LogP) is 3.08. The van der Waals surface area contributed by atoms with Crippen molar-refractivity contribution in [1.82, 2.24) is 0 Å². The maximum absolute atomic E-state index is 13.8. The number of carbonyl (C=O) groups excluding carboxylic acids is 4. The summed E-state index contributed by atoms with van der Waals surface area (Å²) < 4.78 is 6.19. The summed E-state index contributed by atoms with van der Waals surface area (Å²) in [4.78, 5) is 55.8. The number of hydrogen-bond acceptors (Lipinski definition) is 8. The van der Waals surface area contributed by atoms with Crippen LogP contribution in [0.1, 0.15) is 32.4 Å². The number of hydrogen-bond donors (Lipinski definition) is 1. The Morgan fingerprint density at radius 3 is 2.09 bits per heavy atom. The minimum atomic E-state index is -2.17. The summed E-state index contributed by atoms with van der Waals surface area (Å²) in [5.41, 5.74) is -1.48. The lowest BCUT2D eigenvalue weighted by Gasteiger charge is -2.28. The molecule has 1 aliphatic carbocycles. The number of ketones is 2. The molecule has 9 heteroatoms. The molecule has 9 nitrogen and oxygen atoms in total. The first-order chi connectivity index (χ1) is 16.9. The molecule has 0 bridgehead atoms. The number of carbonyl (C=O) groups is 4. The van der Waals surface area contributed by atoms with Crippen LogP contribution in [0.3, 0.4) is 0 Å². The molecule has 1 spiro atoms. The van der Waals surface area contributed by atoms with Crippen LogP contribution in [0.4, 0.5) is 11.4 Å². The van der Waals surface area contributed by atoms with Gasteiger partial charge in [-0.1, -0.05) is 60.7 Å². The van der Waals surface area contributed by atoms with Crippen molar-refractivity contribution in [2.75, 3.05) is 10.1 Å². The SMILES string of the molecule is O=C1[C@@H]2[C@@H](c3ccccc3)OC3(C(=O)c4ccccc4C3=O)[C@@H]2C(=O)N1c1cccc(N([O-])O)c1. The number of anilines is 2. The molecule has 3 aliphatic rings. The molecular formula is C26H17N2O7-. The molecule has 3 aromatic rings. The van der Waals surface area contributed by atoms with Gasteiger partial charge in [0.2, 0.25) is 29.0 Å². The third-order valence-electron chi connectivity index (χ3n) is 6.96. The zero-order chi connectivity index (χ0) is 24.5. The summed E-state index contributed by atoms with van der Waals surface area (Å²) in [6.07, 6.45) is -1.03. The van der Waals surface area contributed by atoms with Crippen molar-refractivity contribution in [1.29, 1.82) is 0 Å². The van der Waals surface area contributed by atoms with E-state index < -0.39 is 46.9 Å². The van der Waals surface area contributed by atoms with E-state index in [0.29, 0.717) is 5.56 Å². The van der Waals surface area contributed by atoms with E-state index in [1.165, 1.54) is 36.4 Å². The number of Topliss-reactive ketones (excluding diaryl/α,β-unsaturated/α-hetero) is 2. The molecule has 2 aliphatic heterocycles. The van der Waals surface area contributed by atoms with Crippen molar-refractivity contribution in [2.24, 2.45) is 11.8 Å². The van der Waals surface area contributed by atoms with E-state index in [4.69, 9.17) is 4.74 Å². The highest BCUT2D eigenvalue weighted by Gasteiger charge is 2.74. The molecule has 174 valence electrons. The van der Waals surface area contributed by atoms with Crippen molar-refractivity contribution in [2.45, 2.75) is 11.7 Å². The third kappa shape index (κ3) is 2.74. The Kier molecular flexibility index (Phi) is 4.52. The van der Waals surface area contributed by atoms with E-state index >= 15 is 0 Å². The lowest BCUT2D eigenvalue weighted by molar-refractivity contribution is -0.127. The van der Waals surface area contributed by atoms with Gasteiger partial charge in [0.1, 0.15) is 0 Å². The molecule has 2 saturated heterocycles. The van der Waals surface area contributed by atoms with Crippen LogP contribution in [0.5, 0.6) is 0 Å². The fraction of sp³-hybridized carbons (Fsp3) is 0.154. The topological polar surface area (TPSA) is 127 Å². The molecule has 0 aromatic heterocycles. The van der Waals surface area contributed by atoms with Gasteiger partial charge in [-0.2, -0.15) is 0 Å². The number of nitrogens with zero attached hydrogens (tertiary/aromatic N) is 2. The van der Waals surface area contributed by atoms with Crippen molar-refractivity contribution in [3.05, 3.63) is 101 Å². The first-order valence-corrected chi connectivity index (χ1v) is 10.9. The summed E-state index contributed by atoms with van der Waals surface area (Å²) in [5, 5.41) is 20.3. The van der Waals surface area contributed by atoms with E-state index in [-0.39, 0.29) is 27.7 Å². The summed E-state index contributed by atoms with van der Waals surface area (Å²) >= 11 is 0. The molecule has 35 heavy (non-hydrogen) atoms. The second kappa shape index (κ2) is 7.41. The van der Waals surface area contributed by atoms with Crippen molar-refractivity contribution >= 4 is 34.8 Å². The van der Waals surface area contributed by atoms with Crippen molar-refractivity contribution < 1.29 is 29.1 Å². The van der Waals surface area contributed by atoms with E-state index in [1.807, 2.05) is 0 Å². The van der Waals surface area contributed by atoms with Crippen LogP contribution in [-0.4, -0.2) is 34.2 Å². The van der Waals surface area contributed by atoms with Gasteiger partial charge in [-0.3, -0.25) is 24.4 Å². The molecule has 2 amide bonds. The zero-order valence-corrected chi connectivity index (χ0v) is 18.0. The number of fused-ring (bicyclic) bond motifs is 3. The van der Waals surface area contributed by atoms with E-state index in [2.05, 4.69) is 0 Å². The lowest BCUT2D eigenvalue weighted by atomic mass is 9.77. The normalized spacial score (nSPS) is 24.3. The standard InChI is InChI=1S/C26H17N2O7/c29-22-17-11-4-5-12-18(17)23(30)26(22)20-19(21(35-26)14-7-2-1-3-8-14)24(31)27(25(20)32)15-9-6-10-16(13-15)28(33)34/h1-13,19-21,33H/q-1/t19-,20-,21+/m0/s1. The Balaban J connectivity index is 1.53. The maximum atomic E-state index is 13.8. The van der Waals surface area contributed by atoms with Crippen molar-refractivity contribution in [3.63, 3.8) is 0 Å². The molecule has 2 fully saturated rings. The number of ether oxygens (including phenoxy) is 1. The lowest BCUT2D eigenvalue weighted by Crippen LogP contribution is -2.51. The van der Waals surface area contributed by atoms with Crippen LogP contribution in [0.15, 0.2) is 78.9 Å². The van der Waals surface area contributed by atoms with E-state index in [0.717, 1.165) is 4.90 Å². The molecule has 0 saturated carbocycles. The first kappa shape index (κ1) is 21.4. The molecule has 0 unspecified atom stereocenters. The predicted molar refractivity (Wildman–Crippen MR) is 122 cm³/mol. The summed E-state index contributed by atoms with van der Waals surface area (Å²) in [5.74, 6) is -5.27. The fourth-order valence-electron chi connectivity index (χ4n) is 5.47.